The number of hydrogen-bond donors (Lipinski definition) is 1. The van der Waals surface area contributed by atoms with E-state index in [2.05, 4.69) is 30.4 Å². The van der Waals surface area contributed by atoms with E-state index in [0.717, 1.165) is 0 Å². The molecular formula is C11H13N. The van der Waals surface area contributed by atoms with Gasteiger partial charge in [-0.2, -0.15) is 0 Å². The van der Waals surface area contributed by atoms with Gasteiger partial charge in [0.05, 0.1) is 0 Å². The monoisotopic (exact) mass is 159 g/mol. The Morgan fingerprint density at radius 1 is 1.33 bits per heavy atom. The molecule has 1 nitrogen and oxygen atoms in total. The van der Waals surface area contributed by atoms with Crippen LogP contribution >= 0.6 is 0 Å². The van der Waals surface area contributed by atoms with Gasteiger partial charge in [0, 0.05) is 17.6 Å². The Balaban J connectivity index is 2.18. The topological polar surface area (TPSA) is 12.0 Å². The van der Waals surface area contributed by atoms with E-state index in [4.69, 9.17) is 0 Å². The minimum absolute atomic E-state index is 0.559. The average molecular weight is 159 g/mol. The van der Waals surface area contributed by atoms with Crippen molar-refractivity contribution < 1.29 is 0 Å². The van der Waals surface area contributed by atoms with Gasteiger partial charge in [0.15, 0.2) is 0 Å². The van der Waals surface area contributed by atoms with E-state index in [9.17, 15) is 0 Å². The quantitative estimate of drug-likeness (QED) is 0.613. The molecule has 1 aromatic carbocycles. The van der Waals surface area contributed by atoms with Crippen molar-refractivity contribution in [2.75, 3.05) is 11.9 Å². The van der Waals surface area contributed by atoms with E-state index in [0.29, 0.717) is 5.41 Å². The SMILES string of the molecule is Cc1ccc2c(c1)NCC21CC1. The lowest BCUT2D eigenvalue weighted by Crippen LogP contribution is -2.07. The van der Waals surface area contributed by atoms with Gasteiger partial charge in [-0.1, -0.05) is 12.1 Å². The fourth-order valence-electron chi connectivity index (χ4n) is 2.22. The van der Waals surface area contributed by atoms with Gasteiger partial charge in [0.1, 0.15) is 0 Å². The fourth-order valence-corrected chi connectivity index (χ4v) is 2.22. The van der Waals surface area contributed by atoms with E-state index in [1.807, 2.05) is 0 Å². The second-order valence-electron chi connectivity index (χ2n) is 4.18. The van der Waals surface area contributed by atoms with Crippen molar-refractivity contribution in [3.63, 3.8) is 0 Å². The van der Waals surface area contributed by atoms with Crippen molar-refractivity contribution in [2.45, 2.75) is 25.2 Å². The molecule has 62 valence electrons. The molecular weight excluding hydrogens is 146 g/mol. The first kappa shape index (κ1) is 6.53. The Labute approximate surface area is 72.8 Å². The van der Waals surface area contributed by atoms with Crippen molar-refractivity contribution in [1.29, 1.82) is 0 Å². The van der Waals surface area contributed by atoms with Crippen molar-refractivity contribution in [3.8, 4) is 0 Å². The van der Waals surface area contributed by atoms with Gasteiger partial charge >= 0.3 is 0 Å². The van der Waals surface area contributed by atoms with Gasteiger partial charge in [-0.3, -0.25) is 0 Å². The minimum Gasteiger partial charge on any atom is -0.384 e. The Morgan fingerprint density at radius 3 is 2.92 bits per heavy atom. The average Bonchev–Trinajstić information content (AvgIpc) is 2.73. The fraction of sp³-hybridized carbons (Fsp3) is 0.455. The standard InChI is InChI=1S/C11H13N/c1-8-2-3-9-10(6-8)12-7-11(9)4-5-11/h2-3,6,12H,4-5,7H2,1H3. The number of benzene rings is 1. The molecule has 1 heteroatoms. The Morgan fingerprint density at radius 2 is 2.17 bits per heavy atom. The molecule has 1 aliphatic heterocycles. The van der Waals surface area contributed by atoms with E-state index >= 15 is 0 Å². The predicted octanol–water partition coefficient (Wildman–Crippen LogP) is 2.45. The maximum absolute atomic E-state index is 3.49. The van der Waals surface area contributed by atoms with Gasteiger partial charge in [-0.15, -0.1) is 0 Å². The van der Waals surface area contributed by atoms with Crippen molar-refractivity contribution in [3.05, 3.63) is 29.3 Å². The second-order valence-corrected chi connectivity index (χ2v) is 4.18. The van der Waals surface area contributed by atoms with Crippen LogP contribution in [0.2, 0.25) is 0 Å². The van der Waals surface area contributed by atoms with Crippen LogP contribution in [0.15, 0.2) is 18.2 Å². The number of hydrogen-bond acceptors (Lipinski definition) is 1. The third kappa shape index (κ3) is 0.689. The highest BCUT2D eigenvalue weighted by Crippen LogP contribution is 2.54. The molecule has 1 aliphatic carbocycles. The summed E-state index contributed by atoms with van der Waals surface area (Å²) in [5.41, 5.74) is 4.86. The highest BCUT2D eigenvalue weighted by atomic mass is 15.0. The molecule has 0 saturated heterocycles. The van der Waals surface area contributed by atoms with Crippen LogP contribution in [0.25, 0.3) is 0 Å². The van der Waals surface area contributed by atoms with Crippen LogP contribution in [0.1, 0.15) is 24.0 Å². The minimum atomic E-state index is 0.559. The molecule has 0 atom stereocenters. The lowest BCUT2D eigenvalue weighted by atomic mass is 9.98. The maximum Gasteiger partial charge on any atom is 0.0382 e. The molecule has 0 bridgehead atoms. The number of fused-ring (bicyclic) bond motifs is 2. The zero-order valence-electron chi connectivity index (χ0n) is 7.35. The molecule has 2 aliphatic rings. The van der Waals surface area contributed by atoms with E-state index < -0.39 is 0 Å². The van der Waals surface area contributed by atoms with E-state index in [-0.39, 0.29) is 0 Å². The molecule has 1 saturated carbocycles. The third-order valence-electron chi connectivity index (χ3n) is 3.22. The molecule has 1 spiro atoms. The maximum atomic E-state index is 3.49. The Hall–Kier alpha value is -0.980. The Bertz CT molecular complexity index is 337. The van der Waals surface area contributed by atoms with Gasteiger partial charge in [0.2, 0.25) is 0 Å². The van der Waals surface area contributed by atoms with Crippen molar-refractivity contribution >= 4 is 5.69 Å². The highest BCUT2D eigenvalue weighted by molar-refractivity contribution is 5.63. The summed E-state index contributed by atoms with van der Waals surface area (Å²) in [4.78, 5) is 0. The molecule has 0 aromatic heterocycles. The smallest absolute Gasteiger partial charge is 0.0382 e. The molecule has 1 aromatic rings. The molecule has 0 radical (unpaired) electrons. The van der Waals surface area contributed by atoms with Gasteiger partial charge in [-0.25, -0.2) is 0 Å². The number of aryl methyl sites for hydroxylation is 1. The normalized spacial score (nSPS) is 22.1. The lowest BCUT2D eigenvalue weighted by molar-refractivity contribution is 0.778. The van der Waals surface area contributed by atoms with Gasteiger partial charge < -0.3 is 5.32 Å². The first-order valence-electron chi connectivity index (χ1n) is 4.65. The molecule has 1 N–H and O–H groups in total. The first-order chi connectivity index (χ1) is 5.80. The van der Waals surface area contributed by atoms with Crippen LogP contribution in [0.4, 0.5) is 5.69 Å². The zero-order valence-corrected chi connectivity index (χ0v) is 7.35. The van der Waals surface area contributed by atoms with Crippen LogP contribution in [-0.2, 0) is 5.41 Å². The van der Waals surface area contributed by atoms with Crippen molar-refractivity contribution in [1.82, 2.24) is 0 Å². The molecule has 0 amide bonds. The molecule has 0 unspecified atom stereocenters. The lowest BCUT2D eigenvalue weighted by Gasteiger charge is -2.04. The summed E-state index contributed by atoms with van der Waals surface area (Å²) >= 11 is 0. The number of rotatable bonds is 0. The van der Waals surface area contributed by atoms with Gasteiger partial charge in [0.25, 0.3) is 0 Å². The third-order valence-corrected chi connectivity index (χ3v) is 3.22. The zero-order chi connectivity index (χ0) is 8.18. The van der Waals surface area contributed by atoms with Crippen LogP contribution in [-0.4, -0.2) is 6.54 Å². The predicted molar refractivity (Wildman–Crippen MR) is 50.6 cm³/mol. The molecule has 1 fully saturated rings. The van der Waals surface area contributed by atoms with Gasteiger partial charge in [-0.05, 0) is 37.0 Å². The van der Waals surface area contributed by atoms with Crippen LogP contribution in [0.3, 0.4) is 0 Å². The molecule has 1 heterocycles. The summed E-state index contributed by atoms with van der Waals surface area (Å²) in [7, 11) is 0. The highest BCUT2D eigenvalue weighted by Gasteiger charge is 2.48. The first-order valence-corrected chi connectivity index (χ1v) is 4.65. The van der Waals surface area contributed by atoms with E-state index in [1.54, 1.807) is 5.56 Å². The molecule has 12 heavy (non-hydrogen) atoms. The van der Waals surface area contributed by atoms with Crippen molar-refractivity contribution in [2.24, 2.45) is 0 Å². The molecule has 3 rings (SSSR count). The number of anilines is 1. The summed E-state index contributed by atoms with van der Waals surface area (Å²) in [5.74, 6) is 0. The van der Waals surface area contributed by atoms with Crippen LogP contribution in [0.5, 0.6) is 0 Å². The summed E-state index contributed by atoms with van der Waals surface area (Å²) < 4.78 is 0. The summed E-state index contributed by atoms with van der Waals surface area (Å²) in [6.45, 7) is 3.33. The Kier molecular flexibility index (Phi) is 1.00. The summed E-state index contributed by atoms with van der Waals surface area (Å²) in [6, 6.07) is 6.80. The van der Waals surface area contributed by atoms with Crippen LogP contribution < -0.4 is 5.32 Å². The summed E-state index contributed by atoms with van der Waals surface area (Å²) in [5, 5.41) is 3.49. The second kappa shape index (κ2) is 1.85. The number of nitrogens with one attached hydrogen (secondary N) is 1. The van der Waals surface area contributed by atoms with Crippen LogP contribution in [0, 0.1) is 6.92 Å². The summed E-state index contributed by atoms with van der Waals surface area (Å²) in [6.07, 6.45) is 2.77. The largest absolute Gasteiger partial charge is 0.384 e. The van der Waals surface area contributed by atoms with E-state index in [1.165, 1.54) is 30.6 Å².